The van der Waals surface area contributed by atoms with Crippen molar-refractivity contribution in [2.24, 2.45) is 0 Å². The van der Waals surface area contributed by atoms with Gasteiger partial charge in [-0.2, -0.15) is 0 Å². The maximum atomic E-state index is 13.6. The number of hydrogen-bond acceptors (Lipinski definition) is 2. The molecule has 6 heteroatoms. The minimum absolute atomic E-state index is 0.203. The second-order valence-corrected chi connectivity index (χ2v) is 5.33. The normalized spacial score (nSPS) is 10.4. The zero-order valence-electron chi connectivity index (χ0n) is 10.5. The van der Waals surface area contributed by atoms with Crippen molar-refractivity contribution in [3.8, 4) is 5.75 Å². The Morgan fingerprint density at radius 1 is 1.20 bits per heavy atom. The summed E-state index contributed by atoms with van der Waals surface area (Å²) in [5.74, 6) is -0.711. The van der Waals surface area contributed by atoms with E-state index in [9.17, 15) is 8.78 Å². The van der Waals surface area contributed by atoms with Gasteiger partial charge in [-0.05, 0) is 39.7 Å². The summed E-state index contributed by atoms with van der Waals surface area (Å²) >= 11 is 9.02. The standard InChI is InChI=1S/C14H11BrClF2NO/c1-20-14-3-2-8(4-10(14)16)7-19-13-5-9(15)11(17)6-12(13)18/h2-6,19H,7H2,1H3. The lowest BCUT2D eigenvalue weighted by atomic mass is 10.2. The van der Waals surface area contributed by atoms with Gasteiger partial charge in [-0.1, -0.05) is 17.7 Å². The molecule has 0 aliphatic carbocycles. The Morgan fingerprint density at radius 3 is 2.60 bits per heavy atom. The second-order valence-electron chi connectivity index (χ2n) is 4.07. The van der Waals surface area contributed by atoms with Gasteiger partial charge in [-0.3, -0.25) is 0 Å². The average molecular weight is 363 g/mol. The first kappa shape index (κ1) is 15.1. The fourth-order valence-electron chi connectivity index (χ4n) is 1.68. The van der Waals surface area contributed by atoms with Crippen LogP contribution < -0.4 is 10.1 Å². The topological polar surface area (TPSA) is 21.3 Å². The van der Waals surface area contributed by atoms with Crippen LogP contribution in [0.15, 0.2) is 34.8 Å². The molecule has 0 heterocycles. The van der Waals surface area contributed by atoms with Crippen LogP contribution in [-0.2, 0) is 6.54 Å². The molecule has 0 spiro atoms. The van der Waals surface area contributed by atoms with Gasteiger partial charge < -0.3 is 10.1 Å². The third kappa shape index (κ3) is 3.41. The molecule has 0 saturated carbocycles. The van der Waals surface area contributed by atoms with Crippen molar-refractivity contribution in [2.75, 3.05) is 12.4 Å². The van der Waals surface area contributed by atoms with Crippen molar-refractivity contribution in [3.63, 3.8) is 0 Å². The monoisotopic (exact) mass is 361 g/mol. The van der Waals surface area contributed by atoms with E-state index in [1.54, 1.807) is 12.1 Å². The molecule has 20 heavy (non-hydrogen) atoms. The molecule has 0 amide bonds. The Hall–Kier alpha value is -1.33. The molecule has 0 aliphatic rings. The van der Waals surface area contributed by atoms with E-state index in [-0.39, 0.29) is 10.2 Å². The Labute approximate surface area is 128 Å². The van der Waals surface area contributed by atoms with Crippen molar-refractivity contribution in [1.82, 2.24) is 0 Å². The van der Waals surface area contributed by atoms with E-state index in [2.05, 4.69) is 21.2 Å². The van der Waals surface area contributed by atoms with Gasteiger partial charge in [-0.15, -0.1) is 0 Å². The van der Waals surface area contributed by atoms with Crippen LogP contribution in [0.3, 0.4) is 0 Å². The van der Waals surface area contributed by atoms with Crippen molar-refractivity contribution < 1.29 is 13.5 Å². The summed E-state index contributed by atoms with van der Waals surface area (Å²) in [4.78, 5) is 0. The van der Waals surface area contributed by atoms with E-state index < -0.39 is 11.6 Å². The molecule has 106 valence electrons. The summed E-state index contributed by atoms with van der Waals surface area (Å²) in [5.41, 5.74) is 1.07. The highest BCUT2D eigenvalue weighted by Crippen LogP contribution is 2.27. The molecule has 0 saturated heterocycles. The molecule has 0 radical (unpaired) electrons. The SMILES string of the molecule is COc1ccc(CNc2cc(Br)c(F)cc2F)cc1Cl. The fraction of sp³-hybridized carbons (Fsp3) is 0.143. The van der Waals surface area contributed by atoms with E-state index in [1.807, 2.05) is 6.07 Å². The number of halogens is 4. The lowest BCUT2D eigenvalue weighted by Crippen LogP contribution is -2.02. The molecule has 2 aromatic carbocycles. The van der Waals surface area contributed by atoms with Crippen molar-refractivity contribution in [3.05, 3.63) is 57.0 Å². The van der Waals surface area contributed by atoms with Crippen LogP contribution in [0.2, 0.25) is 5.02 Å². The van der Waals surface area contributed by atoms with Crippen LogP contribution in [0.1, 0.15) is 5.56 Å². The van der Waals surface area contributed by atoms with Crippen LogP contribution in [0.25, 0.3) is 0 Å². The van der Waals surface area contributed by atoms with Gasteiger partial charge in [0.15, 0.2) is 0 Å². The van der Waals surface area contributed by atoms with Crippen LogP contribution in [0.4, 0.5) is 14.5 Å². The van der Waals surface area contributed by atoms with Crippen LogP contribution >= 0.6 is 27.5 Å². The number of rotatable bonds is 4. The first-order valence-electron chi connectivity index (χ1n) is 5.72. The highest BCUT2D eigenvalue weighted by atomic mass is 79.9. The maximum Gasteiger partial charge on any atom is 0.149 e. The predicted octanol–water partition coefficient (Wildman–Crippen LogP) is 5.00. The Kier molecular flexibility index (Phi) is 4.83. The maximum absolute atomic E-state index is 13.6. The molecule has 0 atom stereocenters. The molecule has 2 rings (SSSR count). The highest BCUT2D eigenvalue weighted by Gasteiger charge is 2.08. The van der Waals surface area contributed by atoms with Gasteiger partial charge in [-0.25, -0.2) is 8.78 Å². The predicted molar refractivity (Wildman–Crippen MR) is 79.4 cm³/mol. The first-order valence-corrected chi connectivity index (χ1v) is 6.89. The summed E-state index contributed by atoms with van der Waals surface area (Å²) in [6, 6.07) is 7.46. The average Bonchev–Trinajstić information content (AvgIpc) is 2.41. The van der Waals surface area contributed by atoms with Gasteiger partial charge in [0, 0.05) is 12.6 Å². The van der Waals surface area contributed by atoms with Gasteiger partial charge >= 0.3 is 0 Å². The summed E-state index contributed by atoms with van der Waals surface area (Å²) in [6.45, 7) is 0.360. The summed E-state index contributed by atoms with van der Waals surface area (Å²) in [6.07, 6.45) is 0. The molecular formula is C14H11BrClF2NO. The lowest BCUT2D eigenvalue weighted by Gasteiger charge is -2.10. The number of anilines is 1. The van der Waals surface area contributed by atoms with E-state index in [1.165, 1.54) is 13.2 Å². The zero-order chi connectivity index (χ0) is 14.7. The molecule has 0 bridgehead atoms. The minimum Gasteiger partial charge on any atom is -0.495 e. The first-order chi connectivity index (χ1) is 9.51. The lowest BCUT2D eigenvalue weighted by molar-refractivity contribution is 0.415. The molecule has 0 aliphatic heterocycles. The van der Waals surface area contributed by atoms with Gasteiger partial charge in [0.25, 0.3) is 0 Å². The Bertz CT molecular complexity index is 637. The number of hydrogen-bond donors (Lipinski definition) is 1. The Balaban J connectivity index is 2.13. The number of nitrogens with one attached hydrogen (secondary N) is 1. The van der Waals surface area contributed by atoms with Gasteiger partial charge in [0.05, 0.1) is 22.3 Å². The largest absolute Gasteiger partial charge is 0.495 e. The van der Waals surface area contributed by atoms with Crippen LogP contribution in [0.5, 0.6) is 5.75 Å². The molecule has 2 aromatic rings. The van der Waals surface area contributed by atoms with E-state index in [0.29, 0.717) is 17.3 Å². The van der Waals surface area contributed by atoms with E-state index >= 15 is 0 Å². The van der Waals surface area contributed by atoms with Crippen molar-refractivity contribution in [2.45, 2.75) is 6.54 Å². The highest BCUT2D eigenvalue weighted by molar-refractivity contribution is 9.10. The molecule has 1 N–H and O–H groups in total. The zero-order valence-corrected chi connectivity index (χ0v) is 12.9. The van der Waals surface area contributed by atoms with Crippen molar-refractivity contribution >= 4 is 33.2 Å². The molecular weight excluding hydrogens is 352 g/mol. The molecule has 0 aromatic heterocycles. The summed E-state index contributed by atoms with van der Waals surface area (Å²) < 4.78 is 31.9. The van der Waals surface area contributed by atoms with Crippen LogP contribution in [-0.4, -0.2) is 7.11 Å². The Morgan fingerprint density at radius 2 is 1.95 bits per heavy atom. The van der Waals surface area contributed by atoms with Gasteiger partial charge in [0.2, 0.25) is 0 Å². The van der Waals surface area contributed by atoms with Crippen LogP contribution in [0, 0.1) is 11.6 Å². The number of methoxy groups -OCH3 is 1. The smallest absolute Gasteiger partial charge is 0.149 e. The number of ether oxygens (including phenoxy) is 1. The molecule has 0 fully saturated rings. The fourth-order valence-corrected chi connectivity index (χ4v) is 2.30. The second kappa shape index (κ2) is 6.41. The molecule has 0 unspecified atom stereocenters. The van der Waals surface area contributed by atoms with Gasteiger partial charge in [0.1, 0.15) is 17.4 Å². The quantitative estimate of drug-likeness (QED) is 0.773. The summed E-state index contributed by atoms with van der Waals surface area (Å²) in [5, 5.41) is 3.37. The summed E-state index contributed by atoms with van der Waals surface area (Å²) in [7, 11) is 1.53. The minimum atomic E-state index is -0.648. The third-order valence-corrected chi connectivity index (χ3v) is 3.61. The molecule has 2 nitrogen and oxygen atoms in total. The third-order valence-electron chi connectivity index (χ3n) is 2.71. The van der Waals surface area contributed by atoms with Crippen molar-refractivity contribution in [1.29, 1.82) is 0 Å². The van der Waals surface area contributed by atoms with E-state index in [4.69, 9.17) is 16.3 Å². The number of benzene rings is 2. The van der Waals surface area contributed by atoms with E-state index in [0.717, 1.165) is 11.6 Å².